The number of rotatable bonds is 3. The third kappa shape index (κ3) is 2.37. The molecule has 2 saturated heterocycles. The molecule has 2 heterocycles. The number of benzene rings is 2. The van der Waals surface area contributed by atoms with E-state index < -0.39 is 34.5 Å². The number of fused-ring (bicyclic) bond motifs is 2. The van der Waals surface area contributed by atoms with E-state index >= 15 is 0 Å². The first kappa shape index (κ1) is 20.4. The first-order valence-corrected chi connectivity index (χ1v) is 9.85. The Labute approximate surface area is 181 Å². The van der Waals surface area contributed by atoms with E-state index in [4.69, 9.17) is 14.9 Å². The Hall–Kier alpha value is -3.86. The molecule has 0 saturated carbocycles. The van der Waals surface area contributed by atoms with Gasteiger partial charge in [-0.1, -0.05) is 49.4 Å². The Morgan fingerprint density at radius 2 is 1.55 bits per heavy atom. The summed E-state index contributed by atoms with van der Waals surface area (Å²) in [5.74, 6) is -2.64. The van der Waals surface area contributed by atoms with Crippen LogP contribution in [0.1, 0.15) is 24.2 Å². The average Bonchev–Trinajstić information content (AvgIpc) is 2.96. The Balaban J connectivity index is 1.99. The summed E-state index contributed by atoms with van der Waals surface area (Å²) in [6.45, 7) is 1.70. The molecule has 154 valence electrons. The summed E-state index contributed by atoms with van der Waals surface area (Å²) in [6, 6.07) is 22.6. The molecule has 2 fully saturated rings. The second-order valence-electron chi connectivity index (χ2n) is 8.12. The number of nitrogens with zero attached hydrogens (tertiary/aromatic N) is 4. The molecule has 2 bridgehead atoms. The minimum absolute atomic E-state index is 0.415. The molecule has 4 atom stereocenters. The van der Waals surface area contributed by atoms with E-state index in [0.29, 0.717) is 11.1 Å². The molecule has 0 spiro atoms. The van der Waals surface area contributed by atoms with E-state index in [1.54, 1.807) is 31.2 Å². The third-order valence-electron chi connectivity index (χ3n) is 6.56. The summed E-state index contributed by atoms with van der Waals surface area (Å²) in [5, 5.41) is 39.4. The van der Waals surface area contributed by atoms with Crippen molar-refractivity contribution in [2.45, 2.75) is 18.8 Å². The highest BCUT2D eigenvalue weighted by atomic mass is 16.7. The lowest BCUT2D eigenvalue weighted by molar-refractivity contribution is -0.288. The summed E-state index contributed by atoms with van der Waals surface area (Å²) in [4.78, 5) is 1.93. The zero-order chi connectivity index (χ0) is 22.4. The smallest absolute Gasteiger partial charge is 0.244 e. The zero-order valence-corrected chi connectivity index (χ0v) is 17.5. The van der Waals surface area contributed by atoms with Crippen LogP contribution < -0.4 is 4.90 Å². The van der Waals surface area contributed by atoms with Crippen molar-refractivity contribution in [1.29, 1.82) is 21.2 Å². The van der Waals surface area contributed by atoms with E-state index in [-0.39, 0.29) is 0 Å². The van der Waals surface area contributed by atoms with Gasteiger partial charge in [0.15, 0.2) is 5.41 Å². The maximum atomic E-state index is 10.3. The van der Waals surface area contributed by atoms with Crippen molar-refractivity contribution in [3.8, 4) is 18.2 Å². The molecule has 2 aliphatic heterocycles. The second kappa shape index (κ2) is 6.84. The lowest BCUT2D eigenvalue weighted by atomic mass is 9.53. The van der Waals surface area contributed by atoms with Crippen molar-refractivity contribution in [2.24, 2.45) is 16.7 Å². The molecule has 0 amide bonds. The second-order valence-corrected chi connectivity index (χ2v) is 8.12. The van der Waals surface area contributed by atoms with Gasteiger partial charge in [-0.05, 0) is 17.7 Å². The fourth-order valence-electron chi connectivity index (χ4n) is 4.79. The summed E-state index contributed by atoms with van der Waals surface area (Å²) in [5.41, 5.74) is -1.63. The van der Waals surface area contributed by atoms with Gasteiger partial charge in [0.2, 0.25) is 17.1 Å². The molecule has 7 nitrogen and oxygen atoms in total. The van der Waals surface area contributed by atoms with Crippen molar-refractivity contribution < 1.29 is 9.47 Å². The molecule has 4 unspecified atom stereocenters. The van der Waals surface area contributed by atoms with Gasteiger partial charge in [-0.3, -0.25) is 5.41 Å². The molecular weight excluding hydrogens is 390 g/mol. The van der Waals surface area contributed by atoms with Gasteiger partial charge in [0.05, 0.1) is 24.1 Å². The third-order valence-corrected chi connectivity index (χ3v) is 6.56. The molecule has 0 aromatic heterocycles. The molecular formula is C24H21N5O2. The van der Waals surface area contributed by atoms with E-state index in [2.05, 4.69) is 18.2 Å². The fourth-order valence-corrected chi connectivity index (χ4v) is 4.79. The molecule has 2 aliphatic rings. The van der Waals surface area contributed by atoms with Crippen LogP contribution in [0.5, 0.6) is 0 Å². The SMILES string of the molecule is CC1C2(c3ccccc3)OC(=N)C1(C#N)C(C#N)(C#N)C(c1ccc(N(C)C)cc1)O2. The maximum Gasteiger partial charge on any atom is 0.244 e. The predicted molar refractivity (Wildman–Crippen MR) is 112 cm³/mol. The summed E-state index contributed by atoms with van der Waals surface area (Å²) >= 11 is 0. The lowest BCUT2D eigenvalue weighted by Crippen LogP contribution is -2.57. The number of ether oxygens (including phenoxy) is 2. The predicted octanol–water partition coefficient (Wildman–Crippen LogP) is 3.86. The van der Waals surface area contributed by atoms with Crippen LogP contribution in [0.25, 0.3) is 0 Å². The topological polar surface area (TPSA) is 117 Å². The van der Waals surface area contributed by atoms with Gasteiger partial charge in [0.25, 0.3) is 0 Å². The normalized spacial score (nSPS) is 30.4. The number of hydrogen-bond acceptors (Lipinski definition) is 7. The van der Waals surface area contributed by atoms with Gasteiger partial charge >= 0.3 is 0 Å². The highest BCUT2D eigenvalue weighted by molar-refractivity contribution is 5.89. The van der Waals surface area contributed by atoms with Crippen LogP contribution in [0, 0.1) is 56.2 Å². The van der Waals surface area contributed by atoms with E-state index in [1.807, 2.05) is 49.3 Å². The lowest BCUT2D eigenvalue weighted by Gasteiger charge is -2.48. The standard InChI is InChI=1S/C24H21N5O2/c1-16-23(15-27)21(28)31-24(16,18-7-5-4-6-8-18)30-20(22(23,13-25)14-26)17-9-11-19(12-10-17)29(2)3/h4-12,16,20,28H,1-3H3. The van der Waals surface area contributed by atoms with Crippen LogP contribution in [-0.2, 0) is 15.3 Å². The zero-order valence-electron chi connectivity index (χ0n) is 17.5. The average molecular weight is 411 g/mol. The number of nitriles is 3. The summed E-state index contributed by atoms with van der Waals surface area (Å²) in [7, 11) is 3.82. The number of hydrogen-bond donors (Lipinski definition) is 1. The van der Waals surface area contributed by atoms with Gasteiger partial charge in [-0.2, -0.15) is 15.8 Å². The van der Waals surface area contributed by atoms with Crippen molar-refractivity contribution in [3.05, 3.63) is 65.7 Å². The molecule has 0 aliphatic carbocycles. The molecule has 7 heteroatoms. The van der Waals surface area contributed by atoms with Crippen LogP contribution in [0.3, 0.4) is 0 Å². The summed E-state index contributed by atoms with van der Waals surface area (Å²) in [6.07, 6.45) is -1.10. The van der Waals surface area contributed by atoms with Crippen LogP contribution in [-0.4, -0.2) is 20.0 Å². The van der Waals surface area contributed by atoms with Crippen LogP contribution in [0.2, 0.25) is 0 Å². The van der Waals surface area contributed by atoms with Crippen molar-refractivity contribution in [1.82, 2.24) is 0 Å². The molecule has 0 radical (unpaired) electrons. The van der Waals surface area contributed by atoms with Gasteiger partial charge in [0, 0.05) is 25.3 Å². The Kier molecular flexibility index (Phi) is 4.51. The first-order chi connectivity index (χ1) is 14.8. The monoisotopic (exact) mass is 411 g/mol. The van der Waals surface area contributed by atoms with E-state index in [0.717, 1.165) is 5.69 Å². The van der Waals surface area contributed by atoms with Crippen LogP contribution >= 0.6 is 0 Å². The Bertz CT molecular complexity index is 1140. The van der Waals surface area contributed by atoms with Gasteiger partial charge in [-0.15, -0.1) is 0 Å². The molecule has 2 aromatic rings. The van der Waals surface area contributed by atoms with Crippen molar-refractivity contribution >= 4 is 11.6 Å². The minimum atomic E-state index is -1.97. The summed E-state index contributed by atoms with van der Waals surface area (Å²) < 4.78 is 12.4. The van der Waals surface area contributed by atoms with E-state index in [1.165, 1.54) is 0 Å². The minimum Gasteiger partial charge on any atom is -0.443 e. The molecule has 1 N–H and O–H groups in total. The highest BCUT2D eigenvalue weighted by Gasteiger charge is 2.79. The Morgan fingerprint density at radius 3 is 2.06 bits per heavy atom. The number of nitrogens with one attached hydrogen (secondary N) is 1. The maximum absolute atomic E-state index is 10.3. The van der Waals surface area contributed by atoms with Crippen molar-refractivity contribution in [3.63, 3.8) is 0 Å². The van der Waals surface area contributed by atoms with Crippen LogP contribution in [0.15, 0.2) is 54.6 Å². The van der Waals surface area contributed by atoms with Gasteiger partial charge in [-0.25, -0.2) is 0 Å². The largest absolute Gasteiger partial charge is 0.443 e. The molecule has 2 aromatic carbocycles. The Morgan fingerprint density at radius 1 is 0.935 bits per heavy atom. The highest BCUT2D eigenvalue weighted by Crippen LogP contribution is 2.68. The van der Waals surface area contributed by atoms with Gasteiger partial charge < -0.3 is 14.4 Å². The molecule has 4 rings (SSSR count). The first-order valence-electron chi connectivity index (χ1n) is 9.85. The van der Waals surface area contributed by atoms with Crippen LogP contribution in [0.4, 0.5) is 5.69 Å². The molecule has 31 heavy (non-hydrogen) atoms. The van der Waals surface area contributed by atoms with Gasteiger partial charge in [0.1, 0.15) is 6.10 Å². The fraction of sp³-hybridized carbons (Fsp3) is 0.333. The van der Waals surface area contributed by atoms with Crippen molar-refractivity contribution in [2.75, 3.05) is 19.0 Å². The quantitative estimate of drug-likeness (QED) is 0.819. The number of anilines is 1. The van der Waals surface area contributed by atoms with E-state index in [9.17, 15) is 15.8 Å².